The summed E-state index contributed by atoms with van der Waals surface area (Å²) in [7, 11) is 0. The molecule has 1 aliphatic carbocycles. The summed E-state index contributed by atoms with van der Waals surface area (Å²) in [6, 6.07) is 0. The van der Waals surface area contributed by atoms with Crippen molar-refractivity contribution in [2.75, 3.05) is 12.4 Å². The highest BCUT2D eigenvalue weighted by atomic mass is 35.5. The van der Waals surface area contributed by atoms with Gasteiger partial charge in [0.2, 0.25) is 5.91 Å². The fraction of sp³-hybridized carbons (Fsp3) is 0.929. The van der Waals surface area contributed by atoms with Crippen LogP contribution in [-0.4, -0.2) is 18.3 Å². The molecule has 1 fully saturated rings. The second kappa shape index (κ2) is 7.97. The van der Waals surface area contributed by atoms with Crippen LogP contribution >= 0.6 is 11.6 Å². The van der Waals surface area contributed by atoms with Crippen LogP contribution in [0.25, 0.3) is 0 Å². The van der Waals surface area contributed by atoms with Crippen LogP contribution in [0.1, 0.15) is 52.4 Å². The van der Waals surface area contributed by atoms with Crippen molar-refractivity contribution in [3.05, 3.63) is 0 Å². The molecule has 100 valence electrons. The van der Waals surface area contributed by atoms with Crippen LogP contribution in [0.2, 0.25) is 0 Å². The molecular weight excluding hydrogens is 234 g/mol. The van der Waals surface area contributed by atoms with Gasteiger partial charge in [0.25, 0.3) is 0 Å². The summed E-state index contributed by atoms with van der Waals surface area (Å²) in [5.74, 6) is 2.63. The van der Waals surface area contributed by atoms with Gasteiger partial charge in [0.15, 0.2) is 0 Å². The Hall–Kier alpha value is -0.240. The lowest BCUT2D eigenvalue weighted by Gasteiger charge is -2.25. The molecule has 1 saturated carbocycles. The number of nitrogens with one attached hydrogen (secondary N) is 1. The molecule has 0 heterocycles. The Morgan fingerprint density at radius 3 is 2.59 bits per heavy atom. The van der Waals surface area contributed by atoms with Gasteiger partial charge in [-0.3, -0.25) is 4.79 Å². The zero-order chi connectivity index (χ0) is 12.7. The van der Waals surface area contributed by atoms with Crippen LogP contribution in [-0.2, 0) is 4.79 Å². The van der Waals surface area contributed by atoms with Crippen molar-refractivity contribution in [2.45, 2.75) is 52.4 Å². The van der Waals surface area contributed by atoms with Gasteiger partial charge in [-0.25, -0.2) is 0 Å². The summed E-state index contributed by atoms with van der Waals surface area (Å²) in [5, 5.41) is 3.06. The number of rotatable bonds is 6. The first-order chi connectivity index (χ1) is 8.13. The third-order valence-corrected chi connectivity index (χ3v) is 4.35. The normalized spacial score (nSPS) is 26.5. The molecule has 2 nitrogen and oxygen atoms in total. The van der Waals surface area contributed by atoms with E-state index in [1.807, 2.05) is 0 Å². The third kappa shape index (κ3) is 5.76. The minimum atomic E-state index is 0.274. The first-order valence-corrected chi connectivity index (χ1v) is 7.50. The monoisotopic (exact) mass is 259 g/mol. The van der Waals surface area contributed by atoms with Gasteiger partial charge in [0, 0.05) is 18.3 Å². The van der Waals surface area contributed by atoms with E-state index in [0.29, 0.717) is 11.8 Å². The van der Waals surface area contributed by atoms with E-state index in [1.54, 1.807) is 0 Å². The summed E-state index contributed by atoms with van der Waals surface area (Å²) in [5.41, 5.74) is 0. The minimum absolute atomic E-state index is 0.274. The Morgan fingerprint density at radius 1 is 1.35 bits per heavy atom. The van der Waals surface area contributed by atoms with E-state index in [4.69, 9.17) is 11.6 Å². The molecule has 1 unspecified atom stereocenters. The third-order valence-electron chi connectivity index (χ3n) is 3.82. The van der Waals surface area contributed by atoms with Crippen molar-refractivity contribution in [1.29, 1.82) is 0 Å². The van der Waals surface area contributed by atoms with Crippen LogP contribution < -0.4 is 5.32 Å². The number of hydrogen-bond donors (Lipinski definition) is 1. The minimum Gasteiger partial charge on any atom is -0.356 e. The van der Waals surface area contributed by atoms with Gasteiger partial charge in [-0.05, 0) is 50.4 Å². The van der Waals surface area contributed by atoms with E-state index in [-0.39, 0.29) is 11.8 Å². The van der Waals surface area contributed by atoms with Crippen molar-refractivity contribution in [3.63, 3.8) is 0 Å². The summed E-state index contributed by atoms with van der Waals surface area (Å²) in [4.78, 5) is 11.9. The summed E-state index contributed by atoms with van der Waals surface area (Å²) >= 11 is 5.74. The van der Waals surface area contributed by atoms with Gasteiger partial charge in [0.1, 0.15) is 0 Å². The molecule has 1 amide bonds. The molecule has 0 spiro atoms. The zero-order valence-corrected chi connectivity index (χ0v) is 11.9. The SMILES string of the molecule is CC(CCl)CCCNC(=O)C1CCC(C)CC1. The van der Waals surface area contributed by atoms with Crippen LogP contribution in [0.5, 0.6) is 0 Å². The predicted octanol–water partition coefficient (Wildman–Crippen LogP) is 3.58. The molecule has 17 heavy (non-hydrogen) atoms. The molecule has 1 rings (SSSR count). The van der Waals surface area contributed by atoms with Gasteiger partial charge in [-0.15, -0.1) is 11.6 Å². The van der Waals surface area contributed by atoms with Gasteiger partial charge < -0.3 is 5.32 Å². The van der Waals surface area contributed by atoms with Crippen molar-refractivity contribution >= 4 is 17.5 Å². The summed E-state index contributed by atoms with van der Waals surface area (Å²) in [6.45, 7) is 5.24. The van der Waals surface area contributed by atoms with Gasteiger partial charge in [0.05, 0.1) is 0 Å². The topological polar surface area (TPSA) is 29.1 Å². The molecule has 0 aliphatic heterocycles. The number of carbonyl (C=O) groups is 1. The van der Waals surface area contributed by atoms with Crippen LogP contribution in [0.3, 0.4) is 0 Å². The van der Waals surface area contributed by atoms with Crippen LogP contribution in [0.15, 0.2) is 0 Å². The molecule has 1 atom stereocenters. The van der Waals surface area contributed by atoms with Gasteiger partial charge in [-0.1, -0.05) is 13.8 Å². The molecule has 0 aromatic rings. The highest BCUT2D eigenvalue weighted by Crippen LogP contribution is 2.28. The van der Waals surface area contributed by atoms with Crippen LogP contribution in [0, 0.1) is 17.8 Å². The number of amides is 1. The average molecular weight is 260 g/mol. The van der Waals surface area contributed by atoms with Crippen LogP contribution in [0.4, 0.5) is 0 Å². The second-order valence-corrected chi connectivity index (χ2v) is 5.96. The number of alkyl halides is 1. The largest absolute Gasteiger partial charge is 0.356 e. The predicted molar refractivity (Wildman–Crippen MR) is 73.2 cm³/mol. The van der Waals surface area contributed by atoms with Gasteiger partial charge >= 0.3 is 0 Å². The Bertz CT molecular complexity index is 224. The second-order valence-electron chi connectivity index (χ2n) is 5.65. The number of halogens is 1. The highest BCUT2D eigenvalue weighted by Gasteiger charge is 2.23. The summed E-state index contributed by atoms with van der Waals surface area (Å²) in [6.07, 6.45) is 6.72. The summed E-state index contributed by atoms with van der Waals surface area (Å²) < 4.78 is 0. The molecule has 3 heteroatoms. The fourth-order valence-corrected chi connectivity index (χ4v) is 2.56. The lowest BCUT2D eigenvalue weighted by molar-refractivity contribution is -0.126. The number of carbonyl (C=O) groups excluding carboxylic acids is 1. The molecule has 1 N–H and O–H groups in total. The lowest BCUT2D eigenvalue weighted by atomic mass is 9.82. The van der Waals surface area contributed by atoms with E-state index >= 15 is 0 Å². The first-order valence-electron chi connectivity index (χ1n) is 6.97. The van der Waals surface area contributed by atoms with Crippen molar-refractivity contribution in [2.24, 2.45) is 17.8 Å². The maximum absolute atomic E-state index is 11.9. The molecular formula is C14H26ClNO. The Labute approximate surface area is 110 Å². The molecule has 0 radical (unpaired) electrons. The Kier molecular flexibility index (Phi) is 6.94. The Morgan fingerprint density at radius 2 is 2.00 bits per heavy atom. The van der Waals surface area contributed by atoms with E-state index < -0.39 is 0 Å². The molecule has 0 bridgehead atoms. The van der Waals surface area contributed by atoms with E-state index in [0.717, 1.165) is 38.1 Å². The standard InChI is InChI=1S/C14H26ClNO/c1-11-5-7-13(8-6-11)14(17)16-9-3-4-12(2)10-15/h11-13H,3-10H2,1-2H3,(H,16,17). The maximum Gasteiger partial charge on any atom is 0.223 e. The molecule has 1 aliphatic rings. The number of hydrogen-bond acceptors (Lipinski definition) is 1. The molecule has 0 aromatic heterocycles. The van der Waals surface area contributed by atoms with E-state index in [2.05, 4.69) is 19.2 Å². The quantitative estimate of drug-likeness (QED) is 0.573. The lowest BCUT2D eigenvalue weighted by Crippen LogP contribution is -2.33. The smallest absolute Gasteiger partial charge is 0.223 e. The first kappa shape index (κ1) is 14.8. The average Bonchev–Trinajstić information content (AvgIpc) is 2.34. The van der Waals surface area contributed by atoms with Crippen molar-refractivity contribution in [3.8, 4) is 0 Å². The fourth-order valence-electron chi connectivity index (χ4n) is 2.41. The molecule has 0 saturated heterocycles. The van der Waals surface area contributed by atoms with E-state index in [9.17, 15) is 4.79 Å². The zero-order valence-electron chi connectivity index (χ0n) is 11.2. The maximum atomic E-state index is 11.9. The van der Waals surface area contributed by atoms with E-state index in [1.165, 1.54) is 12.8 Å². The van der Waals surface area contributed by atoms with Gasteiger partial charge in [-0.2, -0.15) is 0 Å². The van der Waals surface area contributed by atoms with Crippen molar-refractivity contribution in [1.82, 2.24) is 5.32 Å². The highest BCUT2D eigenvalue weighted by molar-refractivity contribution is 6.18. The Balaban J connectivity index is 2.08. The van der Waals surface area contributed by atoms with Crippen molar-refractivity contribution < 1.29 is 4.79 Å². The molecule has 0 aromatic carbocycles.